The van der Waals surface area contributed by atoms with Gasteiger partial charge in [-0.1, -0.05) is 0 Å². The molecule has 2 rings (SSSR count). The van der Waals surface area contributed by atoms with E-state index in [0.717, 1.165) is 6.54 Å². The van der Waals surface area contributed by atoms with E-state index in [9.17, 15) is 0 Å². The zero-order valence-corrected chi connectivity index (χ0v) is 7.74. The molecule has 3 heteroatoms. The highest BCUT2D eigenvalue weighted by Gasteiger charge is 2.14. The molecule has 1 aliphatic rings. The zero-order chi connectivity index (χ0) is 7.84. The number of nitrogens with zero attached hydrogens (tertiary/aromatic N) is 2. The molecule has 0 fully saturated rings. The molecular formula is C8H12N2S. The average molecular weight is 168 g/mol. The van der Waals surface area contributed by atoms with E-state index in [4.69, 9.17) is 0 Å². The quantitative estimate of drug-likeness (QED) is 0.589. The molecule has 11 heavy (non-hydrogen) atoms. The highest BCUT2D eigenvalue weighted by molar-refractivity contribution is 7.99. The average Bonchev–Trinajstić information content (AvgIpc) is 2.30. The van der Waals surface area contributed by atoms with Gasteiger partial charge in [0.05, 0.1) is 10.7 Å². The molecular weight excluding hydrogens is 156 g/mol. The molecule has 0 saturated heterocycles. The van der Waals surface area contributed by atoms with Crippen molar-refractivity contribution in [1.82, 2.24) is 9.78 Å². The van der Waals surface area contributed by atoms with Gasteiger partial charge in [-0.25, -0.2) is 0 Å². The molecule has 0 bridgehead atoms. The molecule has 0 atom stereocenters. The topological polar surface area (TPSA) is 17.8 Å². The SMILES string of the molecule is Cc1nn2c(c1C)SCCC2. The summed E-state index contributed by atoms with van der Waals surface area (Å²) in [5, 5.41) is 5.83. The van der Waals surface area contributed by atoms with Gasteiger partial charge in [0.15, 0.2) is 0 Å². The third-order valence-electron chi connectivity index (χ3n) is 2.12. The van der Waals surface area contributed by atoms with Gasteiger partial charge in [0, 0.05) is 17.9 Å². The smallest absolute Gasteiger partial charge is 0.0971 e. The Balaban J connectivity index is 2.50. The van der Waals surface area contributed by atoms with Crippen LogP contribution in [0.1, 0.15) is 17.7 Å². The monoisotopic (exact) mass is 168 g/mol. The van der Waals surface area contributed by atoms with E-state index in [0.29, 0.717) is 0 Å². The Morgan fingerprint density at radius 2 is 2.27 bits per heavy atom. The van der Waals surface area contributed by atoms with Crippen LogP contribution in [0.5, 0.6) is 0 Å². The predicted molar refractivity (Wildman–Crippen MR) is 47.0 cm³/mol. The summed E-state index contributed by atoms with van der Waals surface area (Å²) in [6.07, 6.45) is 1.26. The first kappa shape index (κ1) is 7.22. The number of aromatic nitrogens is 2. The van der Waals surface area contributed by atoms with Gasteiger partial charge in [0.25, 0.3) is 0 Å². The fourth-order valence-electron chi connectivity index (χ4n) is 1.37. The lowest BCUT2D eigenvalue weighted by molar-refractivity contribution is 0.544. The minimum atomic E-state index is 1.11. The Bertz CT molecular complexity index is 278. The van der Waals surface area contributed by atoms with Crippen LogP contribution in [0.15, 0.2) is 5.03 Å². The lowest BCUT2D eigenvalue weighted by Gasteiger charge is -2.12. The molecule has 2 nitrogen and oxygen atoms in total. The number of hydrogen-bond donors (Lipinski definition) is 0. The van der Waals surface area contributed by atoms with Gasteiger partial charge in [0.2, 0.25) is 0 Å². The summed E-state index contributed by atoms with van der Waals surface area (Å²) < 4.78 is 2.14. The van der Waals surface area contributed by atoms with Gasteiger partial charge in [0.1, 0.15) is 0 Å². The fraction of sp³-hybridized carbons (Fsp3) is 0.625. The Hall–Kier alpha value is -0.440. The Kier molecular flexibility index (Phi) is 1.68. The minimum Gasteiger partial charge on any atom is -0.258 e. The number of fused-ring (bicyclic) bond motifs is 1. The molecule has 2 heterocycles. The highest BCUT2D eigenvalue weighted by atomic mass is 32.2. The molecule has 0 aliphatic carbocycles. The molecule has 0 saturated carbocycles. The second-order valence-corrected chi connectivity index (χ2v) is 4.02. The molecule has 60 valence electrons. The summed E-state index contributed by atoms with van der Waals surface area (Å²) in [4.78, 5) is 0. The van der Waals surface area contributed by atoms with Crippen LogP contribution in [0.3, 0.4) is 0 Å². The summed E-state index contributed by atoms with van der Waals surface area (Å²) in [7, 11) is 0. The van der Waals surface area contributed by atoms with Crippen molar-refractivity contribution in [2.75, 3.05) is 5.75 Å². The molecule has 1 aromatic rings. The van der Waals surface area contributed by atoms with Crippen LogP contribution in [0.25, 0.3) is 0 Å². The molecule has 0 N–H and O–H groups in total. The van der Waals surface area contributed by atoms with Crippen molar-refractivity contribution in [2.24, 2.45) is 0 Å². The van der Waals surface area contributed by atoms with E-state index >= 15 is 0 Å². The second kappa shape index (κ2) is 2.55. The predicted octanol–water partition coefficient (Wildman–Crippen LogP) is 2.00. The lowest BCUT2D eigenvalue weighted by atomic mass is 10.3. The first-order chi connectivity index (χ1) is 5.29. The van der Waals surface area contributed by atoms with Crippen molar-refractivity contribution in [2.45, 2.75) is 31.8 Å². The van der Waals surface area contributed by atoms with Gasteiger partial charge in [-0.3, -0.25) is 4.68 Å². The maximum atomic E-state index is 4.45. The Morgan fingerprint density at radius 1 is 1.45 bits per heavy atom. The maximum absolute atomic E-state index is 4.45. The second-order valence-electron chi connectivity index (χ2n) is 2.94. The summed E-state index contributed by atoms with van der Waals surface area (Å²) in [5.41, 5.74) is 2.56. The third-order valence-corrected chi connectivity index (χ3v) is 3.40. The molecule has 0 spiro atoms. The van der Waals surface area contributed by atoms with E-state index in [2.05, 4.69) is 23.6 Å². The van der Waals surface area contributed by atoms with E-state index in [-0.39, 0.29) is 0 Å². The standard InChI is InChI=1S/C8H12N2S/c1-6-7(2)9-10-4-3-5-11-8(6)10/h3-5H2,1-2H3. The number of thioether (sulfide) groups is 1. The van der Waals surface area contributed by atoms with Gasteiger partial charge in [-0.05, 0) is 20.3 Å². The van der Waals surface area contributed by atoms with E-state index in [1.807, 2.05) is 11.8 Å². The number of aryl methyl sites for hydroxylation is 2. The van der Waals surface area contributed by atoms with Crippen LogP contribution < -0.4 is 0 Å². The van der Waals surface area contributed by atoms with Crippen LogP contribution in [0, 0.1) is 13.8 Å². The first-order valence-electron chi connectivity index (χ1n) is 3.96. The molecule has 0 unspecified atom stereocenters. The molecule has 1 aliphatic heterocycles. The van der Waals surface area contributed by atoms with Gasteiger partial charge < -0.3 is 0 Å². The van der Waals surface area contributed by atoms with Gasteiger partial charge in [-0.15, -0.1) is 11.8 Å². The molecule has 1 aromatic heterocycles. The van der Waals surface area contributed by atoms with Crippen molar-refractivity contribution < 1.29 is 0 Å². The molecule has 0 aromatic carbocycles. The Labute approximate surface area is 71.0 Å². The Morgan fingerprint density at radius 3 is 3.00 bits per heavy atom. The zero-order valence-electron chi connectivity index (χ0n) is 6.92. The van der Waals surface area contributed by atoms with Crippen LogP contribution in [0.2, 0.25) is 0 Å². The largest absolute Gasteiger partial charge is 0.258 e. The van der Waals surface area contributed by atoms with Gasteiger partial charge >= 0.3 is 0 Å². The van der Waals surface area contributed by atoms with Crippen molar-refractivity contribution in [3.05, 3.63) is 11.3 Å². The van der Waals surface area contributed by atoms with Crippen molar-refractivity contribution in [1.29, 1.82) is 0 Å². The van der Waals surface area contributed by atoms with Crippen LogP contribution in [-0.4, -0.2) is 15.5 Å². The van der Waals surface area contributed by atoms with Gasteiger partial charge in [-0.2, -0.15) is 5.10 Å². The normalized spacial score (nSPS) is 16.5. The number of hydrogen-bond acceptors (Lipinski definition) is 2. The first-order valence-corrected chi connectivity index (χ1v) is 4.94. The highest BCUT2D eigenvalue weighted by Crippen LogP contribution is 2.28. The van der Waals surface area contributed by atoms with E-state index in [1.54, 1.807) is 0 Å². The van der Waals surface area contributed by atoms with Crippen molar-refractivity contribution in [3.63, 3.8) is 0 Å². The summed E-state index contributed by atoms with van der Waals surface area (Å²) in [5.74, 6) is 1.26. The summed E-state index contributed by atoms with van der Waals surface area (Å²) in [6.45, 7) is 5.35. The van der Waals surface area contributed by atoms with E-state index < -0.39 is 0 Å². The van der Waals surface area contributed by atoms with Crippen molar-refractivity contribution >= 4 is 11.8 Å². The van der Waals surface area contributed by atoms with Crippen LogP contribution in [-0.2, 0) is 6.54 Å². The molecule has 0 amide bonds. The van der Waals surface area contributed by atoms with E-state index in [1.165, 1.54) is 28.5 Å². The molecule has 0 radical (unpaired) electrons. The summed E-state index contributed by atoms with van der Waals surface area (Å²) in [6, 6.07) is 0. The van der Waals surface area contributed by atoms with Crippen LogP contribution in [0.4, 0.5) is 0 Å². The number of rotatable bonds is 0. The third kappa shape index (κ3) is 1.07. The summed E-state index contributed by atoms with van der Waals surface area (Å²) >= 11 is 1.94. The van der Waals surface area contributed by atoms with Crippen LogP contribution >= 0.6 is 11.8 Å². The lowest BCUT2D eigenvalue weighted by Crippen LogP contribution is -2.07. The minimum absolute atomic E-state index is 1.11. The van der Waals surface area contributed by atoms with Crippen molar-refractivity contribution in [3.8, 4) is 0 Å². The maximum Gasteiger partial charge on any atom is 0.0971 e. The fourth-order valence-corrected chi connectivity index (χ4v) is 2.48.